The van der Waals surface area contributed by atoms with Crippen LogP contribution in [0.25, 0.3) is 0 Å². The summed E-state index contributed by atoms with van der Waals surface area (Å²) >= 11 is 0. The lowest BCUT2D eigenvalue weighted by Gasteiger charge is -2.04. The smallest absolute Gasteiger partial charge is 0.314 e. The number of aromatic amines is 2. The van der Waals surface area contributed by atoms with E-state index >= 15 is 0 Å². The Morgan fingerprint density at radius 2 is 2.20 bits per heavy atom. The molecule has 2 heterocycles. The van der Waals surface area contributed by atoms with E-state index in [1.807, 2.05) is 6.20 Å². The third-order valence-electron chi connectivity index (χ3n) is 3.29. The summed E-state index contributed by atoms with van der Waals surface area (Å²) in [6.45, 7) is 4.83. The number of H-pyrrole nitrogens is 2. The molecule has 108 valence electrons. The average Bonchev–Trinajstić information content (AvgIpc) is 2.87. The van der Waals surface area contributed by atoms with Gasteiger partial charge in [0.25, 0.3) is 5.56 Å². The van der Waals surface area contributed by atoms with E-state index in [0.29, 0.717) is 24.4 Å². The predicted molar refractivity (Wildman–Crippen MR) is 74.7 cm³/mol. The SMILES string of the molecule is CCCC(C)c1cn(CCc2c[nH]c(=O)[nH]c2=O)nn1. The maximum Gasteiger partial charge on any atom is 0.325 e. The van der Waals surface area contributed by atoms with Crippen molar-refractivity contribution in [1.82, 2.24) is 25.0 Å². The molecule has 7 heteroatoms. The Morgan fingerprint density at radius 1 is 1.40 bits per heavy atom. The first-order valence-corrected chi connectivity index (χ1v) is 6.81. The highest BCUT2D eigenvalue weighted by Crippen LogP contribution is 2.17. The summed E-state index contributed by atoms with van der Waals surface area (Å²) < 4.78 is 1.73. The Hall–Kier alpha value is -2.18. The molecule has 2 aromatic heterocycles. The van der Waals surface area contributed by atoms with Gasteiger partial charge in [0.15, 0.2) is 0 Å². The molecule has 0 aliphatic carbocycles. The minimum atomic E-state index is -0.491. The zero-order valence-electron chi connectivity index (χ0n) is 11.7. The third kappa shape index (κ3) is 3.43. The molecule has 0 aliphatic rings. The Labute approximate surface area is 116 Å². The van der Waals surface area contributed by atoms with Crippen molar-refractivity contribution in [1.29, 1.82) is 0 Å². The molecule has 0 aliphatic heterocycles. The van der Waals surface area contributed by atoms with Crippen molar-refractivity contribution in [3.05, 3.63) is 44.5 Å². The number of hydrogen-bond acceptors (Lipinski definition) is 4. The van der Waals surface area contributed by atoms with Gasteiger partial charge in [-0.25, -0.2) is 4.79 Å². The number of rotatable bonds is 6. The van der Waals surface area contributed by atoms with Gasteiger partial charge in [0.05, 0.1) is 5.69 Å². The van der Waals surface area contributed by atoms with Crippen LogP contribution in [-0.4, -0.2) is 25.0 Å². The second kappa shape index (κ2) is 6.31. The predicted octanol–water partition coefficient (Wildman–Crippen LogP) is 0.801. The third-order valence-corrected chi connectivity index (χ3v) is 3.29. The Morgan fingerprint density at radius 3 is 2.90 bits per heavy atom. The quantitative estimate of drug-likeness (QED) is 0.816. The summed E-state index contributed by atoms with van der Waals surface area (Å²) in [6.07, 6.45) is 6.05. The molecule has 0 amide bonds. The first kappa shape index (κ1) is 14.2. The van der Waals surface area contributed by atoms with Crippen LogP contribution in [0.2, 0.25) is 0 Å². The zero-order valence-corrected chi connectivity index (χ0v) is 11.7. The molecule has 2 N–H and O–H groups in total. The van der Waals surface area contributed by atoms with Crippen LogP contribution in [0.15, 0.2) is 22.0 Å². The van der Waals surface area contributed by atoms with E-state index in [1.54, 1.807) is 4.68 Å². The first-order chi connectivity index (χ1) is 9.60. The van der Waals surface area contributed by atoms with Crippen LogP contribution < -0.4 is 11.2 Å². The topological polar surface area (TPSA) is 96.4 Å². The van der Waals surface area contributed by atoms with Gasteiger partial charge in [-0.2, -0.15) is 0 Å². The van der Waals surface area contributed by atoms with Crippen LogP contribution in [0, 0.1) is 0 Å². The highest BCUT2D eigenvalue weighted by Gasteiger charge is 2.09. The van der Waals surface area contributed by atoms with Gasteiger partial charge in [-0.15, -0.1) is 5.10 Å². The van der Waals surface area contributed by atoms with Crippen LogP contribution in [0.3, 0.4) is 0 Å². The second-order valence-corrected chi connectivity index (χ2v) is 4.94. The molecule has 0 fully saturated rings. The van der Waals surface area contributed by atoms with Crippen LogP contribution in [0.1, 0.15) is 43.9 Å². The van der Waals surface area contributed by atoms with Crippen LogP contribution in [-0.2, 0) is 13.0 Å². The average molecular weight is 277 g/mol. The number of hydrogen-bond donors (Lipinski definition) is 2. The standard InChI is InChI=1S/C13H19N5O2/c1-3-4-9(2)11-8-18(17-16-11)6-5-10-7-14-13(20)15-12(10)19/h7-9H,3-6H2,1-2H3,(H2,14,15,19,20). The van der Waals surface area contributed by atoms with Gasteiger partial charge in [0.1, 0.15) is 0 Å². The fraction of sp³-hybridized carbons (Fsp3) is 0.538. The normalized spacial score (nSPS) is 12.5. The molecule has 0 radical (unpaired) electrons. The van der Waals surface area contributed by atoms with Crippen molar-refractivity contribution in [3.63, 3.8) is 0 Å². The minimum Gasteiger partial charge on any atom is -0.314 e. The molecule has 0 saturated heterocycles. The Bertz CT molecular complexity index is 670. The molecule has 0 saturated carbocycles. The van der Waals surface area contributed by atoms with Gasteiger partial charge in [0, 0.05) is 30.4 Å². The van der Waals surface area contributed by atoms with E-state index in [4.69, 9.17) is 0 Å². The van der Waals surface area contributed by atoms with Gasteiger partial charge < -0.3 is 4.98 Å². The van der Waals surface area contributed by atoms with Crippen LogP contribution in [0.4, 0.5) is 0 Å². The van der Waals surface area contributed by atoms with Crippen molar-refractivity contribution in [2.24, 2.45) is 0 Å². The number of nitrogens with one attached hydrogen (secondary N) is 2. The molecular formula is C13H19N5O2. The van der Waals surface area contributed by atoms with Crippen molar-refractivity contribution >= 4 is 0 Å². The second-order valence-electron chi connectivity index (χ2n) is 4.94. The van der Waals surface area contributed by atoms with Crippen LogP contribution in [0.5, 0.6) is 0 Å². The molecule has 0 bridgehead atoms. The maximum absolute atomic E-state index is 11.5. The number of aryl methyl sites for hydroxylation is 2. The van der Waals surface area contributed by atoms with E-state index in [9.17, 15) is 9.59 Å². The summed E-state index contributed by atoms with van der Waals surface area (Å²) in [4.78, 5) is 27.1. The lowest BCUT2D eigenvalue weighted by atomic mass is 10.0. The summed E-state index contributed by atoms with van der Waals surface area (Å²) in [5, 5.41) is 8.22. The Balaban J connectivity index is 2.01. The van der Waals surface area contributed by atoms with Crippen LogP contribution >= 0.6 is 0 Å². The van der Waals surface area contributed by atoms with E-state index in [-0.39, 0.29) is 5.56 Å². The molecule has 0 spiro atoms. The summed E-state index contributed by atoms with van der Waals surface area (Å²) in [5.74, 6) is 0.394. The monoisotopic (exact) mass is 277 g/mol. The lowest BCUT2D eigenvalue weighted by molar-refractivity contribution is 0.585. The largest absolute Gasteiger partial charge is 0.325 e. The molecule has 7 nitrogen and oxygen atoms in total. The maximum atomic E-state index is 11.5. The molecule has 2 aromatic rings. The van der Waals surface area contributed by atoms with Crippen molar-refractivity contribution in [2.75, 3.05) is 0 Å². The van der Waals surface area contributed by atoms with Gasteiger partial charge in [-0.05, 0) is 12.8 Å². The molecule has 20 heavy (non-hydrogen) atoms. The Kier molecular flexibility index (Phi) is 4.49. The van der Waals surface area contributed by atoms with E-state index < -0.39 is 5.69 Å². The number of nitrogens with zero attached hydrogens (tertiary/aromatic N) is 3. The van der Waals surface area contributed by atoms with Crippen molar-refractivity contribution < 1.29 is 0 Å². The van der Waals surface area contributed by atoms with Crippen molar-refractivity contribution in [2.45, 2.75) is 45.6 Å². The highest BCUT2D eigenvalue weighted by molar-refractivity contribution is 5.04. The van der Waals surface area contributed by atoms with E-state index in [0.717, 1.165) is 18.5 Å². The summed E-state index contributed by atoms with van der Waals surface area (Å²) in [6, 6.07) is 0. The molecule has 1 atom stereocenters. The molecule has 1 unspecified atom stereocenters. The number of aromatic nitrogens is 5. The summed E-state index contributed by atoms with van der Waals surface area (Å²) in [5.41, 5.74) is 0.661. The lowest BCUT2D eigenvalue weighted by Crippen LogP contribution is -2.25. The highest BCUT2D eigenvalue weighted by atomic mass is 16.2. The molecular weight excluding hydrogens is 258 g/mol. The molecule has 2 rings (SSSR count). The van der Waals surface area contributed by atoms with E-state index in [2.05, 4.69) is 34.1 Å². The first-order valence-electron chi connectivity index (χ1n) is 6.81. The van der Waals surface area contributed by atoms with Gasteiger partial charge >= 0.3 is 5.69 Å². The van der Waals surface area contributed by atoms with Crippen molar-refractivity contribution in [3.8, 4) is 0 Å². The van der Waals surface area contributed by atoms with Gasteiger partial charge in [-0.1, -0.05) is 25.5 Å². The van der Waals surface area contributed by atoms with Gasteiger partial charge in [-0.3, -0.25) is 14.5 Å². The summed E-state index contributed by atoms with van der Waals surface area (Å²) in [7, 11) is 0. The minimum absolute atomic E-state index is 0.353. The van der Waals surface area contributed by atoms with Gasteiger partial charge in [0.2, 0.25) is 0 Å². The fourth-order valence-electron chi connectivity index (χ4n) is 2.09. The zero-order chi connectivity index (χ0) is 14.5. The fourth-order valence-corrected chi connectivity index (χ4v) is 2.09. The molecule has 0 aromatic carbocycles. The van der Waals surface area contributed by atoms with E-state index in [1.165, 1.54) is 6.20 Å².